The Kier molecular flexibility index (Phi) is 5.11. The van der Waals surface area contributed by atoms with Gasteiger partial charge in [-0.15, -0.1) is 0 Å². The van der Waals surface area contributed by atoms with Gasteiger partial charge in [-0.3, -0.25) is 14.3 Å². The highest BCUT2D eigenvalue weighted by atomic mass is 16.4. The quantitative estimate of drug-likeness (QED) is 0.780. The second-order valence-corrected chi connectivity index (χ2v) is 7.06. The fourth-order valence-electron chi connectivity index (χ4n) is 3.06. The lowest BCUT2D eigenvalue weighted by Gasteiger charge is -2.15. The summed E-state index contributed by atoms with van der Waals surface area (Å²) in [5.74, 6) is -1.30. The van der Waals surface area contributed by atoms with E-state index < -0.39 is 11.9 Å². The number of rotatable bonds is 7. The van der Waals surface area contributed by atoms with Crippen molar-refractivity contribution >= 4 is 17.6 Å². The molecule has 138 valence electrons. The zero-order valence-corrected chi connectivity index (χ0v) is 15.4. The van der Waals surface area contributed by atoms with Crippen molar-refractivity contribution < 1.29 is 14.7 Å². The molecule has 1 heterocycles. The van der Waals surface area contributed by atoms with E-state index in [4.69, 9.17) is 0 Å². The Balaban J connectivity index is 1.84. The number of carboxylic acid groups (broad SMARTS) is 1. The molecule has 2 aromatic rings. The van der Waals surface area contributed by atoms with Crippen LogP contribution in [-0.2, 0) is 4.79 Å². The molecule has 1 aromatic carbocycles. The number of benzene rings is 1. The first kappa shape index (κ1) is 18.2. The molecule has 6 nitrogen and oxygen atoms in total. The summed E-state index contributed by atoms with van der Waals surface area (Å²) < 4.78 is 1.98. The molecule has 1 fully saturated rings. The van der Waals surface area contributed by atoms with Gasteiger partial charge in [-0.2, -0.15) is 5.10 Å². The van der Waals surface area contributed by atoms with Crippen LogP contribution in [0.1, 0.15) is 79.5 Å². The average Bonchev–Trinajstić information content (AvgIpc) is 3.38. The van der Waals surface area contributed by atoms with Crippen LogP contribution in [0.3, 0.4) is 0 Å². The van der Waals surface area contributed by atoms with Gasteiger partial charge in [-0.25, -0.2) is 0 Å². The van der Waals surface area contributed by atoms with Gasteiger partial charge in [0.05, 0.1) is 23.4 Å². The summed E-state index contributed by atoms with van der Waals surface area (Å²) in [5.41, 5.74) is 2.89. The molecule has 0 spiro atoms. The van der Waals surface area contributed by atoms with Crippen molar-refractivity contribution in [3.63, 3.8) is 0 Å². The second kappa shape index (κ2) is 7.32. The fraction of sp³-hybridized carbons (Fsp3) is 0.450. The van der Waals surface area contributed by atoms with E-state index >= 15 is 0 Å². The van der Waals surface area contributed by atoms with E-state index in [1.165, 1.54) is 0 Å². The molecule has 0 radical (unpaired) electrons. The maximum absolute atomic E-state index is 12.8. The Labute approximate surface area is 153 Å². The monoisotopic (exact) mass is 355 g/mol. The highest BCUT2D eigenvalue weighted by Crippen LogP contribution is 2.42. The second-order valence-electron chi connectivity index (χ2n) is 7.06. The van der Waals surface area contributed by atoms with Gasteiger partial charge in [-0.05, 0) is 50.8 Å². The third-order valence-electron chi connectivity index (χ3n) is 5.07. The van der Waals surface area contributed by atoms with Gasteiger partial charge < -0.3 is 10.4 Å². The standard InChI is InChI=1S/C20H25N3O3/c1-4-12(2)23-18(14-8-9-14)17(11-21-23)19(24)22-16-7-5-6-15(10-16)13(3)20(25)26/h5-7,10-14H,4,8-9H2,1-3H3,(H,22,24)(H,25,26). The number of aromatic nitrogens is 2. The molecule has 3 rings (SSSR count). The first-order valence-electron chi connectivity index (χ1n) is 9.13. The lowest BCUT2D eigenvalue weighted by Crippen LogP contribution is -2.16. The largest absolute Gasteiger partial charge is 0.481 e. The molecule has 1 aliphatic rings. The number of carbonyl (C=O) groups is 2. The van der Waals surface area contributed by atoms with Gasteiger partial charge >= 0.3 is 5.97 Å². The predicted octanol–water partition coefficient (Wildman–Crippen LogP) is 4.17. The molecule has 0 bridgehead atoms. The van der Waals surface area contributed by atoms with Gasteiger partial charge in [0.25, 0.3) is 5.91 Å². The minimum absolute atomic E-state index is 0.193. The summed E-state index contributed by atoms with van der Waals surface area (Å²) >= 11 is 0. The lowest BCUT2D eigenvalue weighted by molar-refractivity contribution is -0.138. The highest BCUT2D eigenvalue weighted by Gasteiger charge is 2.33. The van der Waals surface area contributed by atoms with Crippen LogP contribution in [0.5, 0.6) is 0 Å². The summed E-state index contributed by atoms with van der Waals surface area (Å²) in [4.78, 5) is 24.0. The van der Waals surface area contributed by atoms with Crippen LogP contribution < -0.4 is 5.32 Å². The van der Waals surface area contributed by atoms with Crippen molar-refractivity contribution in [3.05, 3.63) is 47.3 Å². The molecule has 1 aliphatic carbocycles. The maximum atomic E-state index is 12.8. The number of hydrogen-bond acceptors (Lipinski definition) is 3. The van der Waals surface area contributed by atoms with Crippen molar-refractivity contribution in [2.45, 2.75) is 57.9 Å². The number of carboxylic acids is 1. The summed E-state index contributed by atoms with van der Waals surface area (Å²) in [6, 6.07) is 7.25. The van der Waals surface area contributed by atoms with E-state index in [0.717, 1.165) is 25.0 Å². The van der Waals surface area contributed by atoms with Crippen LogP contribution in [0.25, 0.3) is 0 Å². The minimum atomic E-state index is -0.890. The van der Waals surface area contributed by atoms with E-state index in [-0.39, 0.29) is 11.9 Å². The Morgan fingerprint density at radius 1 is 1.35 bits per heavy atom. The number of nitrogens with zero attached hydrogens (tertiary/aromatic N) is 2. The number of hydrogen-bond donors (Lipinski definition) is 2. The van der Waals surface area contributed by atoms with Crippen LogP contribution in [0.4, 0.5) is 5.69 Å². The van der Waals surface area contributed by atoms with Crippen molar-refractivity contribution in [1.82, 2.24) is 9.78 Å². The molecule has 2 unspecified atom stereocenters. The summed E-state index contributed by atoms with van der Waals surface area (Å²) in [7, 11) is 0. The van der Waals surface area contributed by atoms with E-state index in [9.17, 15) is 14.7 Å². The van der Waals surface area contributed by atoms with Crippen LogP contribution >= 0.6 is 0 Å². The van der Waals surface area contributed by atoms with Crippen molar-refractivity contribution in [3.8, 4) is 0 Å². The highest BCUT2D eigenvalue weighted by molar-refractivity contribution is 6.05. The molecule has 6 heteroatoms. The normalized spacial score (nSPS) is 16.1. The van der Waals surface area contributed by atoms with E-state index in [1.54, 1.807) is 37.4 Å². The van der Waals surface area contributed by atoms with Crippen molar-refractivity contribution in [2.75, 3.05) is 5.32 Å². The molecule has 0 aliphatic heterocycles. The number of carbonyl (C=O) groups excluding carboxylic acids is 1. The minimum Gasteiger partial charge on any atom is -0.481 e. The Hall–Kier alpha value is -2.63. The van der Waals surface area contributed by atoms with Gasteiger partial charge in [0, 0.05) is 17.6 Å². The van der Waals surface area contributed by atoms with E-state index in [2.05, 4.69) is 24.3 Å². The molecule has 1 aromatic heterocycles. The Morgan fingerprint density at radius 2 is 2.08 bits per heavy atom. The third kappa shape index (κ3) is 3.64. The average molecular weight is 355 g/mol. The summed E-state index contributed by atoms with van der Waals surface area (Å²) in [6.45, 7) is 5.85. The van der Waals surface area contributed by atoms with E-state index in [1.807, 2.05) is 4.68 Å². The van der Waals surface area contributed by atoms with Crippen molar-refractivity contribution in [1.29, 1.82) is 0 Å². The molecule has 26 heavy (non-hydrogen) atoms. The summed E-state index contributed by atoms with van der Waals surface area (Å²) in [5, 5.41) is 16.5. The molecule has 2 N–H and O–H groups in total. The maximum Gasteiger partial charge on any atom is 0.310 e. The molecule has 2 atom stereocenters. The third-order valence-corrected chi connectivity index (χ3v) is 5.07. The van der Waals surface area contributed by atoms with Gasteiger partial charge in [0.15, 0.2) is 0 Å². The van der Waals surface area contributed by atoms with Crippen LogP contribution in [-0.4, -0.2) is 26.8 Å². The number of amides is 1. The number of aliphatic carboxylic acids is 1. The predicted molar refractivity (Wildman–Crippen MR) is 99.7 cm³/mol. The van der Waals surface area contributed by atoms with Gasteiger partial charge in [0.1, 0.15) is 0 Å². The van der Waals surface area contributed by atoms with Crippen LogP contribution in [0.15, 0.2) is 30.5 Å². The SMILES string of the molecule is CCC(C)n1ncc(C(=O)Nc2cccc(C(C)C(=O)O)c2)c1C1CC1. The first-order chi connectivity index (χ1) is 12.4. The Morgan fingerprint density at radius 3 is 2.69 bits per heavy atom. The molecule has 1 saturated carbocycles. The van der Waals surface area contributed by atoms with Crippen molar-refractivity contribution in [2.24, 2.45) is 0 Å². The number of anilines is 1. The topological polar surface area (TPSA) is 84.2 Å². The zero-order chi connectivity index (χ0) is 18.8. The smallest absolute Gasteiger partial charge is 0.310 e. The van der Waals surface area contributed by atoms with Crippen LogP contribution in [0.2, 0.25) is 0 Å². The first-order valence-corrected chi connectivity index (χ1v) is 9.13. The zero-order valence-electron chi connectivity index (χ0n) is 15.4. The lowest BCUT2D eigenvalue weighted by atomic mass is 10.0. The molecule has 1 amide bonds. The fourth-order valence-corrected chi connectivity index (χ4v) is 3.06. The summed E-state index contributed by atoms with van der Waals surface area (Å²) in [6.07, 6.45) is 4.79. The molecular weight excluding hydrogens is 330 g/mol. The Bertz CT molecular complexity index is 823. The molecule has 0 saturated heterocycles. The number of nitrogens with one attached hydrogen (secondary N) is 1. The van der Waals surface area contributed by atoms with E-state index in [0.29, 0.717) is 22.7 Å². The molecular formula is C20H25N3O3. The van der Waals surface area contributed by atoms with Gasteiger partial charge in [0.2, 0.25) is 0 Å². The van der Waals surface area contributed by atoms with Crippen LogP contribution in [0, 0.1) is 0 Å². The van der Waals surface area contributed by atoms with Gasteiger partial charge in [-0.1, -0.05) is 19.1 Å².